The minimum atomic E-state index is -0.964. The largest absolute Gasteiger partial charge is 0.497 e. The summed E-state index contributed by atoms with van der Waals surface area (Å²) in [5.41, 5.74) is 0.485. The van der Waals surface area contributed by atoms with Crippen LogP contribution in [0.25, 0.3) is 0 Å². The lowest BCUT2D eigenvalue weighted by Gasteiger charge is -2.38. The molecule has 2 aliphatic rings. The van der Waals surface area contributed by atoms with Gasteiger partial charge < -0.3 is 24.1 Å². The Kier molecular flexibility index (Phi) is 10.4. The third kappa shape index (κ3) is 6.92. The number of rotatable bonds is 11. The predicted octanol–water partition coefficient (Wildman–Crippen LogP) is 4.34. The molecule has 1 heterocycles. The summed E-state index contributed by atoms with van der Waals surface area (Å²) in [4.78, 5) is 11.8. The highest BCUT2D eigenvalue weighted by atomic mass is 16.6. The zero-order valence-electron chi connectivity index (χ0n) is 19.8. The van der Waals surface area contributed by atoms with Crippen LogP contribution in [-0.4, -0.2) is 50.7 Å². The van der Waals surface area contributed by atoms with Crippen molar-refractivity contribution in [1.82, 2.24) is 0 Å². The van der Waals surface area contributed by atoms with Gasteiger partial charge in [-0.2, -0.15) is 0 Å². The van der Waals surface area contributed by atoms with Gasteiger partial charge in [-0.3, -0.25) is 4.79 Å². The first-order chi connectivity index (χ1) is 15.3. The van der Waals surface area contributed by atoms with E-state index >= 15 is 0 Å². The second kappa shape index (κ2) is 12.8. The first kappa shape index (κ1) is 26.1. The maximum atomic E-state index is 11.8. The highest BCUT2D eigenvalue weighted by molar-refractivity contribution is 5.95. The van der Waals surface area contributed by atoms with Gasteiger partial charge >= 0.3 is 0 Å². The van der Waals surface area contributed by atoms with Crippen molar-refractivity contribution in [2.45, 2.75) is 45.5 Å². The van der Waals surface area contributed by atoms with E-state index in [0.717, 1.165) is 12.8 Å². The Hall–Kier alpha value is -2.15. The Labute approximate surface area is 192 Å². The second-order valence-corrected chi connectivity index (χ2v) is 8.55. The van der Waals surface area contributed by atoms with Gasteiger partial charge in [0.25, 0.3) is 0 Å². The van der Waals surface area contributed by atoms with E-state index in [1.165, 1.54) is 13.0 Å². The average Bonchev–Trinajstić information content (AvgIpc) is 2.79. The van der Waals surface area contributed by atoms with Crippen LogP contribution in [0, 0.1) is 23.7 Å². The summed E-state index contributed by atoms with van der Waals surface area (Å²) < 4.78 is 22.9. The number of ketones is 1. The smallest absolute Gasteiger partial charge is 0.161 e. The van der Waals surface area contributed by atoms with Crippen LogP contribution in [0.1, 0.15) is 33.1 Å². The zero-order valence-corrected chi connectivity index (χ0v) is 19.8. The third-order valence-corrected chi connectivity index (χ3v) is 6.48. The molecule has 0 radical (unpaired) electrons. The molecule has 1 N–H and O–H groups in total. The Morgan fingerprint density at radius 2 is 2.03 bits per heavy atom. The van der Waals surface area contributed by atoms with Gasteiger partial charge in [0.2, 0.25) is 0 Å². The molecule has 0 aromatic carbocycles. The van der Waals surface area contributed by atoms with Crippen molar-refractivity contribution in [3.05, 3.63) is 60.6 Å². The van der Waals surface area contributed by atoms with Gasteiger partial charge in [-0.25, -0.2) is 0 Å². The van der Waals surface area contributed by atoms with E-state index in [2.05, 4.69) is 32.2 Å². The fourth-order valence-corrected chi connectivity index (χ4v) is 4.29. The van der Waals surface area contributed by atoms with Crippen LogP contribution in [0.5, 0.6) is 0 Å². The lowest BCUT2D eigenvalue weighted by Crippen LogP contribution is -2.40. The molecule has 6 heteroatoms. The molecular weight excluding hydrogens is 408 g/mol. The van der Waals surface area contributed by atoms with Crippen molar-refractivity contribution >= 4 is 5.78 Å². The summed E-state index contributed by atoms with van der Waals surface area (Å²) in [6, 6.07) is 0. The molecule has 0 bridgehead atoms. The highest BCUT2D eigenvalue weighted by Gasteiger charge is 2.37. The van der Waals surface area contributed by atoms with E-state index in [1.807, 2.05) is 0 Å². The predicted molar refractivity (Wildman–Crippen MR) is 125 cm³/mol. The van der Waals surface area contributed by atoms with Crippen molar-refractivity contribution in [2.24, 2.45) is 23.7 Å². The molecule has 2 unspecified atom stereocenters. The summed E-state index contributed by atoms with van der Waals surface area (Å²) in [7, 11) is 3.34. The number of carbonyl (C=O) groups excluding carboxylic acids is 1. The Morgan fingerprint density at radius 1 is 1.28 bits per heavy atom. The molecule has 32 heavy (non-hydrogen) atoms. The standard InChI is InChI=1S/C26H38O6/c1-7-20(18(4)27)13-23-17(3)21(16-32-26(23)28)14-25(30-6)24(8-2)31-15-19-10-9-11-22(12-19)29-5/h7-9,11,13,17,19,21-23,26,28H,1-2,10,12,14-16H2,3-6H3/b20-13+,25-24-/t17?,19-,21-,22?,23-,26+/m1/s1. The molecule has 178 valence electrons. The van der Waals surface area contributed by atoms with Crippen LogP contribution in [0.2, 0.25) is 0 Å². The minimum absolute atomic E-state index is 0.0511. The number of Topliss-reactive ketones (excluding diaryl/α,β-unsaturated/α-hetero) is 1. The van der Waals surface area contributed by atoms with Crippen molar-refractivity contribution < 1.29 is 28.8 Å². The summed E-state index contributed by atoms with van der Waals surface area (Å²) in [6.45, 7) is 12.1. The molecule has 0 aromatic rings. The second-order valence-electron chi connectivity index (χ2n) is 8.55. The molecule has 0 spiro atoms. The van der Waals surface area contributed by atoms with E-state index in [4.69, 9.17) is 18.9 Å². The lowest BCUT2D eigenvalue weighted by atomic mass is 9.77. The molecule has 1 aliphatic carbocycles. The molecule has 6 atom stereocenters. The Bertz CT molecular complexity index is 749. The molecule has 0 aromatic heterocycles. The monoisotopic (exact) mass is 446 g/mol. The van der Waals surface area contributed by atoms with Crippen molar-refractivity contribution in [3.8, 4) is 0 Å². The summed E-state index contributed by atoms with van der Waals surface area (Å²) in [5, 5.41) is 10.4. The summed E-state index contributed by atoms with van der Waals surface area (Å²) in [6.07, 6.45) is 10.8. The number of carbonyl (C=O) groups is 1. The number of aliphatic hydroxyl groups is 1. The summed E-state index contributed by atoms with van der Waals surface area (Å²) in [5.74, 6) is 1.40. The van der Waals surface area contributed by atoms with Crippen LogP contribution >= 0.6 is 0 Å². The van der Waals surface area contributed by atoms with Gasteiger partial charge in [-0.1, -0.05) is 44.4 Å². The molecule has 2 rings (SSSR count). The van der Waals surface area contributed by atoms with E-state index in [1.54, 1.807) is 26.4 Å². The van der Waals surface area contributed by atoms with E-state index < -0.39 is 6.29 Å². The number of ether oxygens (including phenoxy) is 4. The number of methoxy groups -OCH3 is 2. The number of hydrogen-bond donors (Lipinski definition) is 1. The van der Waals surface area contributed by atoms with E-state index in [-0.39, 0.29) is 29.6 Å². The maximum Gasteiger partial charge on any atom is 0.161 e. The van der Waals surface area contributed by atoms with Crippen molar-refractivity contribution in [3.63, 3.8) is 0 Å². The van der Waals surface area contributed by atoms with E-state index in [0.29, 0.717) is 42.6 Å². The van der Waals surface area contributed by atoms with Crippen molar-refractivity contribution in [2.75, 3.05) is 27.4 Å². The average molecular weight is 447 g/mol. The van der Waals surface area contributed by atoms with E-state index in [9.17, 15) is 9.90 Å². The molecule has 1 fully saturated rings. The minimum Gasteiger partial charge on any atom is -0.497 e. The lowest BCUT2D eigenvalue weighted by molar-refractivity contribution is -0.182. The van der Waals surface area contributed by atoms with Crippen LogP contribution in [0.4, 0.5) is 0 Å². The zero-order chi connectivity index (χ0) is 23.7. The van der Waals surface area contributed by atoms with Crippen LogP contribution in [0.3, 0.4) is 0 Å². The van der Waals surface area contributed by atoms with Crippen LogP contribution in [0.15, 0.2) is 60.6 Å². The van der Waals surface area contributed by atoms with Crippen molar-refractivity contribution in [1.29, 1.82) is 0 Å². The van der Waals surface area contributed by atoms with Gasteiger partial charge in [0.1, 0.15) is 5.76 Å². The first-order valence-corrected chi connectivity index (χ1v) is 11.2. The molecule has 0 amide bonds. The molecule has 1 saturated heterocycles. The number of allylic oxidation sites excluding steroid dienone is 5. The third-order valence-electron chi connectivity index (χ3n) is 6.48. The van der Waals surface area contributed by atoms with Gasteiger partial charge in [-0.05, 0) is 43.6 Å². The fourth-order valence-electron chi connectivity index (χ4n) is 4.29. The summed E-state index contributed by atoms with van der Waals surface area (Å²) >= 11 is 0. The van der Waals surface area contributed by atoms with Gasteiger partial charge in [0.05, 0.1) is 26.4 Å². The molecule has 0 saturated carbocycles. The topological polar surface area (TPSA) is 74.2 Å². The Balaban J connectivity index is 2.11. The first-order valence-electron chi connectivity index (χ1n) is 11.2. The molecular formula is C26H38O6. The van der Waals surface area contributed by atoms with Crippen LogP contribution < -0.4 is 0 Å². The molecule has 6 nitrogen and oxygen atoms in total. The van der Waals surface area contributed by atoms with Gasteiger partial charge in [0, 0.05) is 25.0 Å². The van der Waals surface area contributed by atoms with Crippen LogP contribution in [-0.2, 0) is 23.7 Å². The fraction of sp³-hybridized carbons (Fsp3) is 0.577. The van der Waals surface area contributed by atoms with Gasteiger partial charge in [-0.15, -0.1) is 0 Å². The SMILES string of the molecule is C=C/C(OC[C@@H]1CC=CC(OC)C1)=C(\C[C@@H]1CO[C@H](O)[C@H](/C=C(\C=C)C(C)=O)C1C)OC. The molecule has 1 aliphatic heterocycles. The maximum absolute atomic E-state index is 11.8. The number of aliphatic hydroxyl groups excluding tert-OH is 1. The van der Waals surface area contributed by atoms with Gasteiger partial charge in [0.15, 0.2) is 17.8 Å². The highest BCUT2D eigenvalue weighted by Crippen LogP contribution is 2.36. The number of hydrogen-bond acceptors (Lipinski definition) is 6. The normalized spacial score (nSPS) is 31.5. The Morgan fingerprint density at radius 3 is 2.62 bits per heavy atom. The quantitative estimate of drug-likeness (QED) is 0.220.